The fraction of sp³-hybridized carbons (Fsp3) is 0.158. The van der Waals surface area contributed by atoms with E-state index in [1.165, 1.54) is 24.3 Å². The predicted octanol–water partition coefficient (Wildman–Crippen LogP) is 4.14. The molecule has 0 atom stereocenters. The monoisotopic (exact) mass is 366 g/mol. The number of aliphatic imine (C=N–C) groups is 1. The molecular weight excluding hydrogens is 351 g/mol. The summed E-state index contributed by atoms with van der Waals surface area (Å²) in [5.41, 5.74) is 2.20. The van der Waals surface area contributed by atoms with Crippen LogP contribution in [-0.4, -0.2) is 28.1 Å². The van der Waals surface area contributed by atoms with Crippen molar-refractivity contribution in [2.75, 3.05) is 11.9 Å². The fourth-order valence-corrected chi connectivity index (χ4v) is 3.59. The number of benzene rings is 1. The normalized spacial score (nSPS) is 13.7. The third kappa shape index (κ3) is 3.13. The first-order chi connectivity index (χ1) is 12.5. The van der Waals surface area contributed by atoms with Crippen molar-refractivity contribution in [2.45, 2.75) is 13.8 Å². The number of amidine groups is 1. The lowest BCUT2D eigenvalue weighted by atomic mass is 10.1. The first-order valence-corrected chi connectivity index (χ1v) is 8.88. The van der Waals surface area contributed by atoms with Crippen LogP contribution in [0.15, 0.2) is 47.0 Å². The zero-order valence-corrected chi connectivity index (χ0v) is 15.0. The zero-order chi connectivity index (χ0) is 18.3. The van der Waals surface area contributed by atoms with Crippen LogP contribution in [0.4, 0.5) is 10.2 Å². The number of nitrogens with one attached hydrogen (secondary N) is 1. The van der Waals surface area contributed by atoms with Gasteiger partial charge < -0.3 is 5.32 Å². The molecule has 26 heavy (non-hydrogen) atoms. The SMILES string of the molecule is CC1=CC(Nc2nc(C(=O)c3ccc(F)cc3)nc3cc(C)sc23)=NC1. The summed E-state index contributed by atoms with van der Waals surface area (Å²) < 4.78 is 14.0. The Bertz CT molecular complexity index is 1080. The van der Waals surface area contributed by atoms with Crippen LogP contribution in [0.5, 0.6) is 0 Å². The first kappa shape index (κ1) is 16.5. The summed E-state index contributed by atoms with van der Waals surface area (Å²) in [6.45, 7) is 4.64. The van der Waals surface area contributed by atoms with Gasteiger partial charge in [0.05, 0.1) is 16.8 Å². The third-order valence-electron chi connectivity index (χ3n) is 3.93. The molecule has 2 aromatic heterocycles. The maximum atomic E-state index is 13.1. The van der Waals surface area contributed by atoms with Crippen LogP contribution in [0.2, 0.25) is 0 Å². The highest BCUT2D eigenvalue weighted by atomic mass is 32.1. The molecule has 1 N–H and O–H groups in total. The van der Waals surface area contributed by atoms with E-state index in [9.17, 15) is 9.18 Å². The molecule has 0 amide bonds. The number of halogens is 1. The Hall–Kier alpha value is -2.93. The molecule has 0 saturated heterocycles. The Kier molecular flexibility index (Phi) is 4.08. The molecular formula is C19H15FN4OS. The predicted molar refractivity (Wildman–Crippen MR) is 102 cm³/mol. The highest BCUT2D eigenvalue weighted by molar-refractivity contribution is 7.19. The van der Waals surface area contributed by atoms with Crippen molar-refractivity contribution in [3.63, 3.8) is 0 Å². The minimum atomic E-state index is -0.393. The van der Waals surface area contributed by atoms with Crippen molar-refractivity contribution < 1.29 is 9.18 Å². The Labute approximate surface area is 153 Å². The Morgan fingerprint density at radius 3 is 2.65 bits per heavy atom. The topological polar surface area (TPSA) is 67.2 Å². The standard InChI is InChI=1S/C19H15FN4OS/c1-10-7-15(21-9-10)23-19-17-14(8-11(2)26-17)22-18(24-19)16(25)12-3-5-13(20)6-4-12/h3-8H,9H2,1-2H3,(H,21,22,23,24). The van der Waals surface area contributed by atoms with Crippen molar-refractivity contribution in [1.82, 2.24) is 9.97 Å². The van der Waals surface area contributed by atoms with E-state index in [0.717, 1.165) is 15.2 Å². The molecule has 1 aliphatic heterocycles. The summed E-state index contributed by atoms with van der Waals surface area (Å²) in [4.78, 5) is 27.0. The Balaban J connectivity index is 1.78. The van der Waals surface area contributed by atoms with Crippen LogP contribution >= 0.6 is 11.3 Å². The van der Waals surface area contributed by atoms with Gasteiger partial charge in [0.25, 0.3) is 0 Å². The van der Waals surface area contributed by atoms with Gasteiger partial charge in [0.2, 0.25) is 11.6 Å². The molecule has 0 radical (unpaired) electrons. The fourth-order valence-electron chi connectivity index (χ4n) is 2.70. The summed E-state index contributed by atoms with van der Waals surface area (Å²) in [6.07, 6.45) is 1.95. The first-order valence-electron chi connectivity index (χ1n) is 8.07. The van der Waals surface area contributed by atoms with Gasteiger partial charge >= 0.3 is 0 Å². The average molecular weight is 366 g/mol. The number of aryl methyl sites for hydroxylation is 1. The maximum absolute atomic E-state index is 13.1. The minimum absolute atomic E-state index is 0.0729. The number of anilines is 1. The third-order valence-corrected chi connectivity index (χ3v) is 4.98. The number of carbonyl (C=O) groups is 1. The van der Waals surface area contributed by atoms with E-state index in [0.29, 0.717) is 29.3 Å². The molecule has 0 saturated carbocycles. The molecule has 5 nitrogen and oxygen atoms in total. The van der Waals surface area contributed by atoms with E-state index < -0.39 is 5.82 Å². The lowest BCUT2D eigenvalue weighted by molar-refractivity contribution is 0.103. The number of carbonyl (C=O) groups excluding carboxylic acids is 1. The van der Waals surface area contributed by atoms with Crippen molar-refractivity contribution in [3.8, 4) is 0 Å². The van der Waals surface area contributed by atoms with Crippen LogP contribution < -0.4 is 5.32 Å². The summed E-state index contributed by atoms with van der Waals surface area (Å²) >= 11 is 1.56. The quantitative estimate of drug-likeness (QED) is 0.708. The van der Waals surface area contributed by atoms with E-state index >= 15 is 0 Å². The smallest absolute Gasteiger partial charge is 0.230 e. The number of aromatic nitrogens is 2. The molecule has 7 heteroatoms. The molecule has 0 unspecified atom stereocenters. The van der Waals surface area contributed by atoms with Crippen molar-refractivity contribution >= 4 is 39.0 Å². The Morgan fingerprint density at radius 1 is 1.19 bits per heavy atom. The van der Waals surface area contributed by atoms with Crippen molar-refractivity contribution in [3.05, 3.63) is 64.1 Å². The van der Waals surface area contributed by atoms with E-state index in [1.54, 1.807) is 11.3 Å². The van der Waals surface area contributed by atoms with Crippen LogP contribution in [-0.2, 0) is 0 Å². The van der Waals surface area contributed by atoms with E-state index in [2.05, 4.69) is 20.3 Å². The number of ketones is 1. The second-order valence-electron chi connectivity index (χ2n) is 6.12. The molecule has 1 aromatic carbocycles. The molecule has 1 aliphatic rings. The number of nitrogens with zero attached hydrogens (tertiary/aromatic N) is 3. The number of hydrogen-bond donors (Lipinski definition) is 1. The highest BCUT2D eigenvalue weighted by Crippen LogP contribution is 2.30. The van der Waals surface area contributed by atoms with Gasteiger partial charge in [-0.1, -0.05) is 0 Å². The van der Waals surface area contributed by atoms with Gasteiger partial charge in [-0.25, -0.2) is 14.4 Å². The molecule has 3 heterocycles. The highest BCUT2D eigenvalue weighted by Gasteiger charge is 2.18. The largest absolute Gasteiger partial charge is 0.324 e. The summed E-state index contributed by atoms with van der Waals surface area (Å²) in [5.74, 6) is 0.606. The van der Waals surface area contributed by atoms with Gasteiger partial charge in [-0.3, -0.25) is 9.79 Å². The molecule has 0 aliphatic carbocycles. The molecule has 130 valence electrons. The van der Waals surface area contributed by atoms with Gasteiger partial charge in [-0.2, -0.15) is 0 Å². The van der Waals surface area contributed by atoms with Gasteiger partial charge in [-0.15, -0.1) is 11.3 Å². The Morgan fingerprint density at radius 2 is 1.96 bits per heavy atom. The number of hydrogen-bond acceptors (Lipinski definition) is 6. The lowest BCUT2D eigenvalue weighted by Gasteiger charge is -2.07. The molecule has 0 bridgehead atoms. The number of fused-ring (bicyclic) bond motifs is 1. The number of rotatable bonds is 3. The summed E-state index contributed by atoms with van der Waals surface area (Å²) in [6, 6.07) is 7.29. The summed E-state index contributed by atoms with van der Waals surface area (Å²) in [7, 11) is 0. The average Bonchev–Trinajstić information content (AvgIpc) is 3.19. The second-order valence-corrected chi connectivity index (χ2v) is 7.38. The molecule has 4 rings (SSSR count). The minimum Gasteiger partial charge on any atom is -0.324 e. The lowest BCUT2D eigenvalue weighted by Crippen LogP contribution is -2.13. The van der Waals surface area contributed by atoms with E-state index in [4.69, 9.17) is 0 Å². The van der Waals surface area contributed by atoms with Gasteiger partial charge in [0.1, 0.15) is 11.7 Å². The maximum Gasteiger partial charge on any atom is 0.230 e. The van der Waals surface area contributed by atoms with Crippen LogP contribution in [0, 0.1) is 12.7 Å². The van der Waals surface area contributed by atoms with Gasteiger partial charge in [0.15, 0.2) is 5.82 Å². The van der Waals surface area contributed by atoms with E-state index in [1.807, 2.05) is 26.0 Å². The molecule has 0 spiro atoms. The second kappa shape index (κ2) is 6.42. The van der Waals surface area contributed by atoms with E-state index in [-0.39, 0.29) is 11.6 Å². The van der Waals surface area contributed by atoms with Gasteiger partial charge in [-0.05, 0) is 55.8 Å². The van der Waals surface area contributed by atoms with Gasteiger partial charge in [0, 0.05) is 10.4 Å². The van der Waals surface area contributed by atoms with Crippen molar-refractivity contribution in [2.24, 2.45) is 4.99 Å². The van der Waals surface area contributed by atoms with Crippen LogP contribution in [0.3, 0.4) is 0 Å². The van der Waals surface area contributed by atoms with Crippen LogP contribution in [0.25, 0.3) is 10.2 Å². The van der Waals surface area contributed by atoms with Crippen molar-refractivity contribution in [1.29, 1.82) is 0 Å². The molecule has 0 fully saturated rings. The zero-order valence-electron chi connectivity index (χ0n) is 14.2. The van der Waals surface area contributed by atoms with Crippen LogP contribution in [0.1, 0.15) is 28.0 Å². The summed E-state index contributed by atoms with van der Waals surface area (Å²) in [5, 5.41) is 3.20. The molecule has 3 aromatic rings. The number of thiophene rings is 1.